The molecule has 1 aliphatic heterocycles. The van der Waals surface area contributed by atoms with E-state index in [0.29, 0.717) is 18.0 Å². The van der Waals surface area contributed by atoms with E-state index in [1.54, 1.807) is 6.08 Å². The molecule has 212 valence electrons. The number of carbonyl (C=O) groups excluding carboxylic acids is 2. The van der Waals surface area contributed by atoms with Crippen LogP contribution in [0.3, 0.4) is 0 Å². The van der Waals surface area contributed by atoms with E-state index in [0.717, 1.165) is 25.5 Å². The molecule has 2 N–H and O–H groups in total. The van der Waals surface area contributed by atoms with Crippen LogP contribution in [0.1, 0.15) is 58.8 Å². The smallest absolute Gasteiger partial charge is 0.330 e. The maximum Gasteiger partial charge on any atom is 0.330 e. The zero-order valence-corrected chi connectivity index (χ0v) is 23.5. The molecule has 0 aromatic rings. The quantitative estimate of drug-likeness (QED) is 0.0551. The predicted octanol–water partition coefficient (Wildman–Crippen LogP) is 6.08. The molecule has 8 nitrogen and oxygen atoms in total. The van der Waals surface area contributed by atoms with E-state index in [9.17, 15) is 19.7 Å². The highest BCUT2D eigenvalue weighted by atomic mass is 16.6. The third kappa shape index (κ3) is 22.8. The number of carbonyl (C=O) groups is 2. The molecule has 0 aromatic carbocycles. The second kappa shape index (κ2) is 25.0. The van der Waals surface area contributed by atoms with Crippen molar-refractivity contribution in [3.63, 3.8) is 0 Å². The molecule has 1 heterocycles. The molecule has 1 saturated heterocycles. The van der Waals surface area contributed by atoms with E-state index in [1.165, 1.54) is 62.9 Å². The largest absolute Gasteiger partial charge is 0.466 e. The van der Waals surface area contributed by atoms with E-state index in [4.69, 9.17) is 5.73 Å². The van der Waals surface area contributed by atoms with Gasteiger partial charge in [0.15, 0.2) is 0 Å². The first-order valence-electron chi connectivity index (χ1n) is 12.8. The van der Waals surface area contributed by atoms with Crippen LogP contribution < -0.4 is 5.73 Å². The molecule has 38 heavy (non-hydrogen) atoms. The minimum atomic E-state index is -0.438. The highest BCUT2D eigenvalue weighted by Crippen LogP contribution is 2.17. The number of piperidine rings is 1. The number of nitro groups is 1. The number of esters is 1. The summed E-state index contributed by atoms with van der Waals surface area (Å²) in [6, 6.07) is 0. The van der Waals surface area contributed by atoms with Gasteiger partial charge < -0.3 is 20.2 Å². The fourth-order valence-electron chi connectivity index (χ4n) is 3.24. The van der Waals surface area contributed by atoms with Crippen molar-refractivity contribution >= 4 is 12.3 Å². The summed E-state index contributed by atoms with van der Waals surface area (Å²) >= 11 is 0. The summed E-state index contributed by atoms with van der Waals surface area (Å²) in [6.45, 7) is 16.9. The van der Waals surface area contributed by atoms with Gasteiger partial charge in [0.2, 0.25) is 6.54 Å². The molecular weight excluding hydrogens is 482 g/mol. The number of hydrogen-bond donors (Lipinski definition) is 1. The van der Waals surface area contributed by atoms with Crippen LogP contribution in [-0.4, -0.2) is 48.8 Å². The standard InChI is InChI=1S/C17H25NO2.C10H17NO.C3H5NO2/c1-5-15(8-7-9-17(19)20-4)12-10-14(3)11-13-16(18)6-2;1-10(6-5-9-12)11-7-3-2-4-8-11;1-2-3-4(5)6/h5-7,9,11,13,15H,1-2,8,10,12,18H2,3-4H3;6,9H,2-5,7-8H2,1H3;2H,1,3H2/b9-7+,14-11+,16-13+;10-6+;. The summed E-state index contributed by atoms with van der Waals surface area (Å²) in [5, 5.41) is 9.33. The fraction of sp³-hybridized carbons (Fsp3) is 0.467. The highest BCUT2D eigenvalue weighted by Gasteiger charge is 2.09. The Hall–Kier alpha value is -3.68. The van der Waals surface area contributed by atoms with Crippen LogP contribution in [0.5, 0.6) is 0 Å². The van der Waals surface area contributed by atoms with Crippen LogP contribution >= 0.6 is 0 Å². The molecule has 0 aromatic heterocycles. The number of allylic oxidation sites excluding steroid dienone is 8. The number of hydrogen-bond acceptors (Lipinski definition) is 7. The average molecular weight is 530 g/mol. The summed E-state index contributed by atoms with van der Waals surface area (Å²) in [5.41, 5.74) is 8.81. The Bertz CT molecular complexity index is 850. The first-order valence-corrected chi connectivity index (χ1v) is 12.8. The Morgan fingerprint density at radius 2 is 1.82 bits per heavy atom. The van der Waals surface area contributed by atoms with Crippen LogP contribution in [0, 0.1) is 16.0 Å². The van der Waals surface area contributed by atoms with Crippen molar-refractivity contribution in [1.29, 1.82) is 0 Å². The third-order valence-electron chi connectivity index (χ3n) is 5.58. The van der Waals surface area contributed by atoms with Crippen molar-refractivity contribution in [3.05, 3.63) is 95.4 Å². The van der Waals surface area contributed by atoms with Crippen LogP contribution in [0.15, 0.2) is 85.3 Å². The lowest BCUT2D eigenvalue weighted by Crippen LogP contribution is -2.27. The van der Waals surface area contributed by atoms with Gasteiger partial charge in [-0.15, -0.1) is 6.58 Å². The Morgan fingerprint density at radius 1 is 1.16 bits per heavy atom. The second-order valence-corrected chi connectivity index (χ2v) is 8.68. The van der Waals surface area contributed by atoms with E-state index in [2.05, 4.69) is 43.2 Å². The number of nitrogens with two attached hydrogens (primary N) is 1. The molecule has 0 spiro atoms. The Kier molecular flexibility index (Phi) is 24.0. The topological polar surface area (TPSA) is 116 Å². The monoisotopic (exact) mass is 529 g/mol. The lowest BCUT2D eigenvalue weighted by molar-refractivity contribution is -0.468. The van der Waals surface area contributed by atoms with Crippen molar-refractivity contribution in [2.24, 2.45) is 11.7 Å². The van der Waals surface area contributed by atoms with Crippen molar-refractivity contribution in [2.45, 2.75) is 58.8 Å². The van der Waals surface area contributed by atoms with Crippen molar-refractivity contribution in [3.8, 4) is 0 Å². The van der Waals surface area contributed by atoms with Crippen molar-refractivity contribution < 1.29 is 19.2 Å². The highest BCUT2D eigenvalue weighted by molar-refractivity contribution is 5.81. The van der Waals surface area contributed by atoms with Crippen LogP contribution in [-0.2, 0) is 14.3 Å². The molecule has 0 bridgehead atoms. The molecule has 0 amide bonds. The normalized spacial score (nSPS) is 14.7. The summed E-state index contributed by atoms with van der Waals surface area (Å²) in [5.74, 6) is 0.0221. The van der Waals surface area contributed by atoms with E-state index >= 15 is 0 Å². The Balaban J connectivity index is 0. The van der Waals surface area contributed by atoms with Crippen LogP contribution in [0.2, 0.25) is 0 Å². The van der Waals surface area contributed by atoms with Gasteiger partial charge >= 0.3 is 5.97 Å². The first kappa shape index (κ1) is 36.5. The molecule has 0 saturated carbocycles. The number of methoxy groups -OCH3 is 1. The van der Waals surface area contributed by atoms with Crippen LogP contribution in [0.4, 0.5) is 0 Å². The molecule has 1 rings (SSSR count). The first-order chi connectivity index (χ1) is 18.1. The van der Waals surface area contributed by atoms with Crippen molar-refractivity contribution in [2.75, 3.05) is 26.7 Å². The summed E-state index contributed by atoms with van der Waals surface area (Å²) in [6.07, 6.45) is 22.1. The zero-order chi connectivity index (χ0) is 29.2. The number of ether oxygens (including phenoxy) is 1. The van der Waals surface area contributed by atoms with Gasteiger partial charge in [0, 0.05) is 41.9 Å². The van der Waals surface area contributed by atoms with Gasteiger partial charge in [-0.2, -0.15) is 0 Å². The Morgan fingerprint density at radius 3 is 2.29 bits per heavy atom. The number of nitrogens with zero attached hydrogens (tertiary/aromatic N) is 2. The van der Waals surface area contributed by atoms with Gasteiger partial charge in [-0.25, -0.2) is 4.79 Å². The molecule has 8 heteroatoms. The summed E-state index contributed by atoms with van der Waals surface area (Å²) in [4.78, 5) is 32.3. The van der Waals surface area contributed by atoms with E-state index in [1.807, 2.05) is 30.4 Å². The van der Waals surface area contributed by atoms with Gasteiger partial charge in [0.05, 0.1) is 7.11 Å². The fourth-order valence-corrected chi connectivity index (χ4v) is 3.24. The zero-order valence-electron chi connectivity index (χ0n) is 23.5. The molecule has 1 unspecified atom stereocenters. The van der Waals surface area contributed by atoms with Crippen molar-refractivity contribution in [1.82, 2.24) is 4.90 Å². The minimum absolute atomic E-state index is 0.139. The molecule has 1 atom stereocenters. The number of likely N-dealkylation sites (tertiary alicyclic amines) is 1. The molecular formula is C30H47N3O5. The lowest BCUT2D eigenvalue weighted by Gasteiger charge is -2.29. The lowest BCUT2D eigenvalue weighted by atomic mass is 9.96. The molecule has 1 fully saturated rings. The molecule has 0 aliphatic carbocycles. The van der Waals surface area contributed by atoms with Gasteiger partial charge in [-0.05, 0) is 76.5 Å². The van der Waals surface area contributed by atoms with Gasteiger partial charge in [-0.3, -0.25) is 10.1 Å². The third-order valence-corrected chi connectivity index (χ3v) is 5.58. The molecule has 1 aliphatic rings. The Labute approximate surface area is 229 Å². The maximum absolute atomic E-state index is 11.0. The van der Waals surface area contributed by atoms with Gasteiger partial charge in [0.1, 0.15) is 6.29 Å². The molecule has 0 radical (unpaired) electrons. The van der Waals surface area contributed by atoms with Crippen LogP contribution in [0.25, 0.3) is 0 Å². The average Bonchev–Trinajstić information content (AvgIpc) is 2.92. The SMILES string of the molecule is C/C(=C\CC=O)N1CCCCC1.C=C/C(N)=C\C=C(/C)CCC(C=C)C/C=C/C(=O)OC.C=CC[N+](=O)[O-]. The van der Waals surface area contributed by atoms with Gasteiger partial charge in [-0.1, -0.05) is 43.0 Å². The maximum atomic E-state index is 11.0. The van der Waals surface area contributed by atoms with E-state index < -0.39 is 4.92 Å². The number of rotatable bonds is 14. The predicted molar refractivity (Wildman–Crippen MR) is 157 cm³/mol. The summed E-state index contributed by atoms with van der Waals surface area (Å²) < 4.78 is 4.54. The number of aldehydes is 1. The second-order valence-electron chi connectivity index (χ2n) is 8.68. The van der Waals surface area contributed by atoms with Gasteiger partial charge in [0.25, 0.3) is 0 Å². The van der Waals surface area contributed by atoms with E-state index in [-0.39, 0.29) is 12.5 Å². The minimum Gasteiger partial charge on any atom is -0.466 e. The summed E-state index contributed by atoms with van der Waals surface area (Å²) in [7, 11) is 1.37.